The molecule has 0 aliphatic carbocycles. The molecule has 2 unspecified atom stereocenters. The third-order valence-corrected chi connectivity index (χ3v) is 4.66. The van der Waals surface area contributed by atoms with Gasteiger partial charge in [-0.2, -0.15) is 0 Å². The molecule has 0 amide bonds. The molecule has 1 saturated heterocycles. The molecule has 0 radical (unpaired) electrons. The summed E-state index contributed by atoms with van der Waals surface area (Å²) in [5.41, 5.74) is 1.98. The minimum atomic E-state index is -0.303. The van der Waals surface area contributed by atoms with Gasteiger partial charge in [0.1, 0.15) is 5.75 Å². The molecule has 3 rings (SSSR count). The maximum atomic E-state index is 9.81. The molecular formula is C18H23N3O2. The quantitative estimate of drug-likeness (QED) is 0.750. The molecular weight excluding hydrogens is 290 g/mol. The maximum Gasteiger partial charge on any atom is 0.118 e. The number of rotatable bonds is 6. The molecule has 1 aromatic heterocycles. The van der Waals surface area contributed by atoms with E-state index in [9.17, 15) is 5.11 Å². The van der Waals surface area contributed by atoms with E-state index in [2.05, 4.69) is 33.8 Å². The van der Waals surface area contributed by atoms with E-state index in [4.69, 9.17) is 4.74 Å². The van der Waals surface area contributed by atoms with Crippen molar-refractivity contribution >= 4 is 0 Å². The lowest BCUT2D eigenvalue weighted by Gasteiger charge is -2.35. The Labute approximate surface area is 136 Å². The van der Waals surface area contributed by atoms with Crippen molar-refractivity contribution in [1.82, 2.24) is 15.6 Å². The number of aromatic nitrogens is 1. The summed E-state index contributed by atoms with van der Waals surface area (Å²) in [7, 11) is 1.67. The zero-order chi connectivity index (χ0) is 16.1. The molecule has 2 atom stereocenters. The number of hydrogen-bond donors (Lipinski definition) is 3. The van der Waals surface area contributed by atoms with Crippen LogP contribution in [0.1, 0.15) is 11.1 Å². The van der Waals surface area contributed by atoms with Crippen molar-refractivity contribution in [3.63, 3.8) is 0 Å². The van der Waals surface area contributed by atoms with Crippen molar-refractivity contribution in [1.29, 1.82) is 0 Å². The van der Waals surface area contributed by atoms with Gasteiger partial charge in [0.2, 0.25) is 0 Å². The molecule has 5 nitrogen and oxygen atoms in total. The molecule has 3 N–H and O–H groups in total. The summed E-state index contributed by atoms with van der Waals surface area (Å²) in [6.07, 6.45) is 3.66. The molecule has 2 heterocycles. The Morgan fingerprint density at radius 2 is 2.17 bits per heavy atom. The fourth-order valence-electron chi connectivity index (χ4n) is 3.26. The number of ether oxygens (including phenoxy) is 1. The average molecular weight is 313 g/mol. The van der Waals surface area contributed by atoms with Crippen molar-refractivity contribution in [2.45, 2.75) is 12.1 Å². The highest BCUT2D eigenvalue weighted by Crippen LogP contribution is 2.33. The number of aliphatic hydroxyl groups is 1. The first-order valence-corrected chi connectivity index (χ1v) is 7.88. The predicted octanol–water partition coefficient (Wildman–Crippen LogP) is 1.29. The zero-order valence-electron chi connectivity index (χ0n) is 13.3. The lowest BCUT2D eigenvalue weighted by atomic mass is 9.81. The lowest BCUT2D eigenvalue weighted by molar-refractivity contribution is 0.159. The summed E-state index contributed by atoms with van der Waals surface area (Å²) in [6, 6.07) is 12.1. The van der Waals surface area contributed by atoms with Crippen LogP contribution in [-0.2, 0) is 12.1 Å². The minimum absolute atomic E-state index is 0.116. The van der Waals surface area contributed by atoms with E-state index in [1.165, 1.54) is 5.56 Å². The zero-order valence-corrected chi connectivity index (χ0v) is 13.3. The summed E-state index contributed by atoms with van der Waals surface area (Å²) >= 11 is 0. The van der Waals surface area contributed by atoms with Crippen LogP contribution in [-0.4, -0.2) is 36.9 Å². The van der Waals surface area contributed by atoms with E-state index in [0.29, 0.717) is 0 Å². The van der Waals surface area contributed by atoms with Crippen molar-refractivity contribution in [3.8, 4) is 5.75 Å². The second-order valence-electron chi connectivity index (χ2n) is 5.93. The fraction of sp³-hybridized carbons (Fsp3) is 0.389. The van der Waals surface area contributed by atoms with Crippen LogP contribution in [0.25, 0.3) is 0 Å². The van der Waals surface area contributed by atoms with Crippen LogP contribution in [0, 0.1) is 5.92 Å². The Balaban J connectivity index is 1.82. The third kappa shape index (κ3) is 3.22. The van der Waals surface area contributed by atoms with Crippen LogP contribution in [0.4, 0.5) is 0 Å². The van der Waals surface area contributed by atoms with Gasteiger partial charge in [-0.05, 0) is 29.3 Å². The molecule has 5 heteroatoms. The Bertz CT molecular complexity index is 618. The van der Waals surface area contributed by atoms with Crippen LogP contribution >= 0.6 is 0 Å². The van der Waals surface area contributed by atoms with Gasteiger partial charge in [-0.3, -0.25) is 4.98 Å². The highest BCUT2D eigenvalue weighted by Gasteiger charge is 2.43. The molecule has 1 aliphatic rings. The largest absolute Gasteiger partial charge is 0.497 e. The van der Waals surface area contributed by atoms with Crippen LogP contribution < -0.4 is 15.4 Å². The lowest BCUT2D eigenvalue weighted by Crippen LogP contribution is -2.49. The van der Waals surface area contributed by atoms with Gasteiger partial charge in [-0.1, -0.05) is 18.2 Å². The first-order chi connectivity index (χ1) is 11.3. The van der Waals surface area contributed by atoms with Crippen LogP contribution in [0.2, 0.25) is 0 Å². The van der Waals surface area contributed by atoms with E-state index >= 15 is 0 Å². The SMILES string of the molecule is COc1ccc(CNC2(c3cccnc3)CNCC2CO)cc1. The summed E-state index contributed by atoms with van der Waals surface area (Å²) in [4.78, 5) is 4.25. The van der Waals surface area contributed by atoms with Gasteiger partial charge < -0.3 is 20.5 Å². The van der Waals surface area contributed by atoms with Crippen LogP contribution in [0.15, 0.2) is 48.8 Å². The summed E-state index contributed by atoms with van der Waals surface area (Å²) in [6.45, 7) is 2.43. The van der Waals surface area contributed by atoms with Gasteiger partial charge in [0.15, 0.2) is 0 Å². The third-order valence-electron chi connectivity index (χ3n) is 4.66. The Hall–Kier alpha value is -1.95. The molecule has 0 saturated carbocycles. The van der Waals surface area contributed by atoms with Gasteiger partial charge in [-0.15, -0.1) is 0 Å². The second-order valence-corrected chi connectivity index (χ2v) is 5.93. The van der Waals surface area contributed by atoms with E-state index in [1.807, 2.05) is 24.4 Å². The topological polar surface area (TPSA) is 66.4 Å². The van der Waals surface area contributed by atoms with Gasteiger partial charge in [0.05, 0.1) is 12.6 Å². The molecule has 0 spiro atoms. The second kappa shape index (κ2) is 7.08. The molecule has 122 valence electrons. The van der Waals surface area contributed by atoms with E-state index in [1.54, 1.807) is 13.3 Å². The molecule has 0 bridgehead atoms. The number of benzene rings is 1. The van der Waals surface area contributed by atoms with E-state index in [0.717, 1.165) is 30.9 Å². The minimum Gasteiger partial charge on any atom is -0.497 e. The highest BCUT2D eigenvalue weighted by molar-refractivity contribution is 5.29. The van der Waals surface area contributed by atoms with Crippen LogP contribution in [0.5, 0.6) is 5.75 Å². The predicted molar refractivity (Wildman–Crippen MR) is 89.2 cm³/mol. The summed E-state index contributed by atoms with van der Waals surface area (Å²) < 4.78 is 5.20. The van der Waals surface area contributed by atoms with Crippen LogP contribution in [0.3, 0.4) is 0 Å². The van der Waals surface area contributed by atoms with E-state index in [-0.39, 0.29) is 18.1 Å². The van der Waals surface area contributed by atoms with Gasteiger partial charge >= 0.3 is 0 Å². The van der Waals surface area contributed by atoms with Gasteiger partial charge in [0.25, 0.3) is 0 Å². The molecule has 1 fully saturated rings. The summed E-state index contributed by atoms with van der Waals surface area (Å²) in [5, 5.41) is 16.9. The maximum absolute atomic E-state index is 9.81. The Morgan fingerprint density at radius 1 is 1.35 bits per heavy atom. The number of hydrogen-bond acceptors (Lipinski definition) is 5. The van der Waals surface area contributed by atoms with Gasteiger partial charge in [0, 0.05) is 44.6 Å². The molecule has 23 heavy (non-hydrogen) atoms. The first kappa shape index (κ1) is 15.9. The van der Waals surface area contributed by atoms with Crippen molar-refractivity contribution in [2.24, 2.45) is 5.92 Å². The summed E-state index contributed by atoms with van der Waals surface area (Å²) in [5.74, 6) is 0.969. The Kier molecular flexibility index (Phi) is 4.91. The highest BCUT2D eigenvalue weighted by atomic mass is 16.5. The standard InChI is InChI=1S/C18H23N3O2/c1-23-17-6-4-14(5-7-17)9-21-18(13-20-11-16(18)12-22)15-3-2-8-19-10-15/h2-8,10,16,20-22H,9,11-13H2,1H3. The molecule has 1 aliphatic heterocycles. The molecule has 1 aromatic carbocycles. The van der Waals surface area contributed by atoms with Crippen molar-refractivity contribution in [2.75, 3.05) is 26.8 Å². The number of pyridine rings is 1. The first-order valence-electron chi connectivity index (χ1n) is 7.88. The van der Waals surface area contributed by atoms with Crippen molar-refractivity contribution in [3.05, 3.63) is 59.9 Å². The average Bonchev–Trinajstić information content (AvgIpc) is 3.05. The normalized spacial score (nSPS) is 23.8. The number of aliphatic hydroxyl groups excluding tert-OH is 1. The monoisotopic (exact) mass is 313 g/mol. The number of nitrogens with one attached hydrogen (secondary N) is 2. The van der Waals surface area contributed by atoms with E-state index < -0.39 is 0 Å². The number of nitrogens with zero attached hydrogens (tertiary/aromatic N) is 1. The molecule has 2 aromatic rings. The number of methoxy groups -OCH3 is 1. The van der Waals surface area contributed by atoms with Crippen molar-refractivity contribution < 1.29 is 9.84 Å². The fourth-order valence-corrected chi connectivity index (χ4v) is 3.26. The Morgan fingerprint density at radius 3 is 2.83 bits per heavy atom. The smallest absolute Gasteiger partial charge is 0.118 e. The van der Waals surface area contributed by atoms with Gasteiger partial charge in [-0.25, -0.2) is 0 Å².